The van der Waals surface area contributed by atoms with Crippen molar-refractivity contribution in [2.24, 2.45) is 0 Å². The largest absolute Gasteiger partial charge is 0.444 e. The van der Waals surface area contributed by atoms with Crippen molar-refractivity contribution in [3.8, 4) is 0 Å². The molecular weight excluding hydrogens is 232 g/mol. The van der Waals surface area contributed by atoms with Gasteiger partial charge in [-0.05, 0) is 40.2 Å². The maximum absolute atomic E-state index is 11.5. The highest BCUT2D eigenvalue weighted by atomic mass is 16.6. The van der Waals surface area contributed by atoms with Crippen LogP contribution in [0.5, 0.6) is 0 Å². The maximum atomic E-state index is 11.5. The molecule has 1 heterocycles. The van der Waals surface area contributed by atoms with Crippen LogP contribution in [-0.2, 0) is 11.3 Å². The van der Waals surface area contributed by atoms with E-state index in [-0.39, 0.29) is 12.3 Å². The molecule has 1 aromatic heterocycles. The van der Waals surface area contributed by atoms with Crippen molar-refractivity contribution in [2.75, 3.05) is 0 Å². The van der Waals surface area contributed by atoms with Crippen LogP contribution in [0.25, 0.3) is 0 Å². The van der Waals surface area contributed by atoms with E-state index in [1.54, 1.807) is 27.0 Å². The molecular formula is C13H20N2O3. The van der Waals surface area contributed by atoms with E-state index in [0.29, 0.717) is 5.56 Å². The summed E-state index contributed by atoms with van der Waals surface area (Å²) in [6, 6.07) is 0. The molecule has 5 heteroatoms. The Morgan fingerprint density at radius 2 is 2.00 bits per heavy atom. The highest BCUT2D eigenvalue weighted by Crippen LogP contribution is 2.14. The summed E-state index contributed by atoms with van der Waals surface area (Å²) in [5.41, 5.74) is 1.68. The average Bonchev–Trinajstić information content (AvgIpc) is 2.54. The zero-order chi connectivity index (χ0) is 13.9. The van der Waals surface area contributed by atoms with Gasteiger partial charge in [0.15, 0.2) is 5.78 Å². The average molecular weight is 252 g/mol. The molecule has 1 rings (SSSR count). The highest BCUT2D eigenvalue weighted by Gasteiger charge is 2.17. The number of carbonyl (C=O) groups excluding carboxylic acids is 2. The Labute approximate surface area is 107 Å². The van der Waals surface area contributed by atoms with Crippen LogP contribution >= 0.6 is 0 Å². The first-order chi connectivity index (χ1) is 8.20. The lowest BCUT2D eigenvalue weighted by atomic mass is 10.1. The number of ether oxygens (including phenoxy) is 1. The van der Waals surface area contributed by atoms with Gasteiger partial charge in [-0.1, -0.05) is 0 Å². The van der Waals surface area contributed by atoms with Crippen molar-refractivity contribution >= 4 is 11.9 Å². The summed E-state index contributed by atoms with van der Waals surface area (Å²) < 4.78 is 5.12. The minimum absolute atomic E-state index is 0.0188. The topological polar surface area (TPSA) is 71.2 Å². The van der Waals surface area contributed by atoms with E-state index in [1.807, 2.05) is 6.92 Å². The predicted molar refractivity (Wildman–Crippen MR) is 68.6 cm³/mol. The second kappa shape index (κ2) is 5.25. The fourth-order valence-electron chi connectivity index (χ4n) is 1.69. The van der Waals surface area contributed by atoms with Crippen LogP contribution in [0, 0.1) is 6.92 Å². The van der Waals surface area contributed by atoms with Crippen LogP contribution in [0.2, 0.25) is 0 Å². The number of alkyl carbamates (subject to hydrolysis) is 1. The maximum Gasteiger partial charge on any atom is 0.407 e. The van der Waals surface area contributed by atoms with Gasteiger partial charge in [0.2, 0.25) is 0 Å². The van der Waals surface area contributed by atoms with Crippen LogP contribution in [0.15, 0.2) is 6.20 Å². The number of nitrogens with one attached hydrogen (secondary N) is 2. The molecule has 0 aliphatic rings. The molecule has 2 N–H and O–H groups in total. The number of Topliss-reactive ketones (excluding diaryl/α,β-unsaturated/α-hetero) is 1. The molecule has 0 aliphatic heterocycles. The SMILES string of the molecule is CC(=O)c1c(CNC(=O)OC(C)(C)C)c[nH]c1C. The standard InChI is InChI=1S/C13H20N2O3/c1-8-11(9(2)16)10(6-14-8)7-15-12(17)18-13(3,4)5/h6,14H,7H2,1-5H3,(H,15,17). The van der Waals surface area contributed by atoms with Crippen molar-refractivity contribution in [2.45, 2.75) is 46.8 Å². The molecule has 5 nitrogen and oxygen atoms in total. The number of carbonyl (C=O) groups is 2. The Morgan fingerprint density at radius 1 is 1.39 bits per heavy atom. The van der Waals surface area contributed by atoms with E-state index >= 15 is 0 Å². The van der Waals surface area contributed by atoms with Crippen LogP contribution in [0.3, 0.4) is 0 Å². The Balaban J connectivity index is 2.65. The molecule has 100 valence electrons. The third-order valence-corrected chi connectivity index (χ3v) is 2.33. The van der Waals surface area contributed by atoms with Gasteiger partial charge >= 0.3 is 6.09 Å². The van der Waals surface area contributed by atoms with E-state index in [9.17, 15) is 9.59 Å². The van der Waals surface area contributed by atoms with Crippen LogP contribution in [0.4, 0.5) is 4.79 Å². The van der Waals surface area contributed by atoms with Crippen molar-refractivity contribution in [1.29, 1.82) is 0 Å². The number of amides is 1. The number of aromatic nitrogens is 1. The molecule has 0 aromatic carbocycles. The Kier molecular flexibility index (Phi) is 4.16. The highest BCUT2D eigenvalue weighted by molar-refractivity contribution is 5.96. The molecule has 18 heavy (non-hydrogen) atoms. The van der Waals surface area contributed by atoms with Crippen molar-refractivity contribution in [1.82, 2.24) is 10.3 Å². The fraction of sp³-hybridized carbons (Fsp3) is 0.538. The lowest BCUT2D eigenvalue weighted by molar-refractivity contribution is 0.0523. The zero-order valence-electron chi connectivity index (χ0n) is 11.5. The summed E-state index contributed by atoms with van der Waals surface area (Å²) >= 11 is 0. The summed E-state index contributed by atoms with van der Waals surface area (Å²) in [6.07, 6.45) is 1.24. The van der Waals surface area contributed by atoms with Crippen LogP contribution < -0.4 is 5.32 Å². The smallest absolute Gasteiger partial charge is 0.407 e. The minimum atomic E-state index is -0.526. The van der Waals surface area contributed by atoms with Crippen LogP contribution in [-0.4, -0.2) is 22.5 Å². The lowest BCUT2D eigenvalue weighted by Crippen LogP contribution is -2.32. The number of aromatic amines is 1. The van der Waals surface area contributed by atoms with E-state index in [4.69, 9.17) is 4.74 Å². The van der Waals surface area contributed by atoms with E-state index in [0.717, 1.165) is 11.3 Å². The first-order valence-corrected chi connectivity index (χ1v) is 5.85. The third-order valence-electron chi connectivity index (χ3n) is 2.33. The fourth-order valence-corrected chi connectivity index (χ4v) is 1.69. The van der Waals surface area contributed by atoms with E-state index < -0.39 is 11.7 Å². The van der Waals surface area contributed by atoms with Gasteiger partial charge < -0.3 is 15.0 Å². The molecule has 0 saturated carbocycles. The number of ketones is 1. The first-order valence-electron chi connectivity index (χ1n) is 5.85. The van der Waals surface area contributed by atoms with Crippen LogP contribution in [0.1, 0.15) is 49.3 Å². The molecule has 0 fully saturated rings. The van der Waals surface area contributed by atoms with Gasteiger partial charge in [0.05, 0.1) is 0 Å². The van der Waals surface area contributed by atoms with Gasteiger partial charge in [-0.3, -0.25) is 4.79 Å². The normalized spacial score (nSPS) is 11.2. The summed E-state index contributed by atoms with van der Waals surface area (Å²) in [6.45, 7) is 9.01. The Morgan fingerprint density at radius 3 is 2.50 bits per heavy atom. The summed E-state index contributed by atoms with van der Waals surface area (Å²) in [4.78, 5) is 25.9. The van der Waals surface area contributed by atoms with Crippen molar-refractivity contribution in [3.05, 3.63) is 23.0 Å². The monoisotopic (exact) mass is 252 g/mol. The minimum Gasteiger partial charge on any atom is -0.444 e. The first kappa shape index (κ1) is 14.3. The van der Waals surface area contributed by atoms with Crippen molar-refractivity contribution < 1.29 is 14.3 Å². The van der Waals surface area contributed by atoms with Crippen molar-refractivity contribution in [3.63, 3.8) is 0 Å². The van der Waals surface area contributed by atoms with E-state index in [2.05, 4.69) is 10.3 Å². The third kappa shape index (κ3) is 3.91. The molecule has 0 aliphatic carbocycles. The molecule has 1 amide bonds. The predicted octanol–water partition coefficient (Wildman–Crippen LogP) is 2.55. The number of hydrogen-bond acceptors (Lipinski definition) is 3. The van der Waals surface area contributed by atoms with Gasteiger partial charge in [-0.25, -0.2) is 4.79 Å². The van der Waals surface area contributed by atoms with Gasteiger partial charge in [0.1, 0.15) is 5.60 Å². The molecule has 0 radical (unpaired) electrons. The van der Waals surface area contributed by atoms with Gasteiger partial charge in [-0.15, -0.1) is 0 Å². The number of rotatable bonds is 3. The number of H-pyrrole nitrogens is 1. The molecule has 0 saturated heterocycles. The number of hydrogen-bond donors (Lipinski definition) is 2. The second-order valence-corrected chi connectivity index (χ2v) is 5.23. The lowest BCUT2D eigenvalue weighted by Gasteiger charge is -2.19. The second-order valence-electron chi connectivity index (χ2n) is 5.23. The quantitative estimate of drug-likeness (QED) is 0.812. The molecule has 0 unspecified atom stereocenters. The molecule has 1 aromatic rings. The van der Waals surface area contributed by atoms with Gasteiger partial charge in [0, 0.05) is 24.0 Å². The molecule has 0 bridgehead atoms. The number of aryl methyl sites for hydroxylation is 1. The van der Waals surface area contributed by atoms with E-state index in [1.165, 1.54) is 6.92 Å². The molecule has 0 spiro atoms. The Hall–Kier alpha value is -1.78. The summed E-state index contributed by atoms with van der Waals surface area (Å²) in [5, 5.41) is 2.63. The summed E-state index contributed by atoms with van der Waals surface area (Å²) in [5.74, 6) is -0.0188. The Bertz CT molecular complexity index is 455. The summed E-state index contributed by atoms with van der Waals surface area (Å²) in [7, 11) is 0. The molecule has 0 atom stereocenters. The van der Waals surface area contributed by atoms with Gasteiger partial charge in [0.25, 0.3) is 0 Å². The van der Waals surface area contributed by atoms with Gasteiger partial charge in [-0.2, -0.15) is 0 Å². The zero-order valence-corrected chi connectivity index (χ0v) is 11.5.